The van der Waals surface area contributed by atoms with Gasteiger partial charge in [-0.2, -0.15) is 0 Å². The molecule has 0 aliphatic heterocycles. The number of aromatic carboxylic acids is 1. The number of hydrogen-bond donors (Lipinski definition) is 2. The predicted molar refractivity (Wildman–Crippen MR) is 84.2 cm³/mol. The Morgan fingerprint density at radius 2 is 1.91 bits per heavy atom. The van der Waals surface area contributed by atoms with Crippen LogP contribution in [0.15, 0.2) is 30.3 Å². The van der Waals surface area contributed by atoms with Crippen molar-refractivity contribution in [3.8, 4) is 0 Å². The van der Waals surface area contributed by atoms with Crippen molar-refractivity contribution >= 4 is 23.2 Å². The van der Waals surface area contributed by atoms with Crippen LogP contribution in [0, 0.1) is 12.7 Å². The first-order valence-electron chi connectivity index (χ1n) is 6.90. The van der Waals surface area contributed by atoms with Crippen LogP contribution in [0.1, 0.15) is 30.5 Å². The first-order valence-corrected chi connectivity index (χ1v) is 7.72. The number of benzene rings is 1. The fourth-order valence-electron chi connectivity index (χ4n) is 2.15. The van der Waals surface area contributed by atoms with Crippen molar-refractivity contribution in [2.75, 3.05) is 13.2 Å². The monoisotopic (exact) mass is 337 g/mol. The van der Waals surface area contributed by atoms with E-state index >= 15 is 0 Å². The zero-order chi connectivity index (χ0) is 17.0. The molecule has 0 bridgehead atoms. The van der Waals surface area contributed by atoms with Crippen LogP contribution >= 0.6 is 11.3 Å². The number of rotatable bonds is 6. The van der Waals surface area contributed by atoms with E-state index in [1.165, 1.54) is 23.1 Å². The molecule has 0 atom stereocenters. The molecule has 23 heavy (non-hydrogen) atoms. The third-order valence-corrected chi connectivity index (χ3v) is 4.34. The summed E-state index contributed by atoms with van der Waals surface area (Å²) in [5, 5.41) is 18.2. The molecule has 0 saturated carbocycles. The van der Waals surface area contributed by atoms with Gasteiger partial charge in [0.15, 0.2) is 0 Å². The van der Waals surface area contributed by atoms with E-state index in [-0.39, 0.29) is 36.3 Å². The molecule has 1 amide bonds. The van der Waals surface area contributed by atoms with Crippen LogP contribution in [0.25, 0.3) is 0 Å². The lowest BCUT2D eigenvalue weighted by Crippen LogP contribution is -2.33. The molecule has 1 aromatic heterocycles. The maximum atomic E-state index is 13.0. The highest BCUT2D eigenvalue weighted by atomic mass is 32.1. The van der Waals surface area contributed by atoms with Crippen LogP contribution in [0.4, 0.5) is 4.39 Å². The Balaban J connectivity index is 2.24. The Morgan fingerprint density at radius 3 is 2.43 bits per heavy atom. The number of aryl methyl sites for hydroxylation is 1. The molecule has 2 N–H and O–H groups in total. The molecule has 1 heterocycles. The van der Waals surface area contributed by atoms with Crippen LogP contribution in [0.5, 0.6) is 0 Å². The summed E-state index contributed by atoms with van der Waals surface area (Å²) in [5.41, 5.74) is 1.03. The van der Waals surface area contributed by atoms with Gasteiger partial charge in [0, 0.05) is 18.0 Å². The van der Waals surface area contributed by atoms with Crippen LogP contribution in [0.2, 0.25) is 0 Å². The number of carbonyl (C=O) groups is 2. The van der Waals surface area contributed by atoms with Gasteiger partial charge in [0.2, 0.25) is 0 Å². The minimum Gasteiger partial charge on any atom is -0.477 e. The van der Waals surface area contributed by atoms with Gasteiger partial charge in [-0.1, -0.05) is 12.1 Å². The highest BCUT2D eigenvalue weighted by molar-refractivity contribution is 7.14. The van der Waals surface area contributed by atoms with Crippen molar-refractivity contribution in [3.63, 3.8) is 0 Å². The van der Waals surface area contributed by atoms with Gasteiger partial charge in [-0.3, -0.25) is 4.79 Å². The molecule has 2 rings (SSSR count). The van der Waals surface area contributed by atoms with Crippen molar-refractivity contribution in [2.24, 2.45) is 0 Å². The fourth-order valence-corrected chi connectivity index (χ4v) is 3.00. The van der Waals surface area contributed by atoms with Crippen molar-refractivity contribution in [2.45, 2.75) is 13.5 Å². The number of aliphatic hydroxyl groups excluding tert-OH is 1. The normalized spacial score (nSPS) is 10.6. The summed E-state index contributed by atoms with van der Waals surface area (Å²) in [5.74, 6) is -1.80. The Labute approximate surface area is 136 Å². The standard InChI is InChI=1S/C16H16FNO4S/c1-10-13(8-14(23-10)16(21)22)15(20)18(6-7-19)9-11-2-4-12(17)5-3-11/h2-5,8,19H,6-7,9H2,1H3,(H,21,22). The molecule has 0 spiro atoms. The van der Waals surface area contributed by atoms with Gasteiger partial charge in [0.1, 0.15) is 10.7 Å². The second-order valence-corrected chi connectivity index (χ2v) is 6.22. The van der Waals surface area contributed by atoms with Crippen molar-refractivity contribution in [1.29, 1.82) is 0 Å². The smallest absolute Gasteiger partial charge is 0.345 e. The maximum Gasteiger partial charge on any atom is 0.345 e. The molecule has 5 nitrogen and oxygen atoms in total. The summed E-state index contributed by atoms with van der Waals surface area (Å²) >= 11 is 1.04. The summed E-state index contributed by atoms with van der Waals surface area (Å²) in [6.07, 6.45) is 0. The quantitative estimate of drug-likeness (QED) is 0.849. The zero-order valence-electron chi connectivity index (χ0n) is 12.5. The van der Waals surface area contributed by atoms with Gasteiger partial charge in [-0.05, 0) is 30.7 Å². The summed E-state index contributed by atoms with van der Waals surface area (Å²) < 4.78 is 13.0. The van der Waals surface area contributed by atoms with Gasteiger partial charge >= 0.3 is 5.97 Å². The molecule has 0 radical (unpaired) electrons. The number of hydrogen-bond acceptors (Lipinski definition) is 4. The highest BCUT2D eigenvalue weighted by Gasteiger charge is 2.21. The van der Waals surface area contributed by atoms with Gasteiger partial charge in [0.25, 0.3) is 5.91 Å². The third kappa shape index (κ3) is 4.14. The molecule has 7 heteroatoms. The summed E-state index contributed by atoms with van der Waals surface area (Å²) in [4.78, 5) is 25.7. The molecule has 0 unspecified atom stereocenters. The molecule has 2 aromatic rings. The van der Waals surface area contributed by atoms with Crippen LogP contribution in [-0.2, 0) is 6.54 Å². The molecular weight excluding hydrogens is 321 g/mol. The van der Waals surface area contributed by atoms with Crippen molar-refractivity contribution in [1.82, 2.24) is 4.90 Å². The number of amides is 1. The molecule has 1 aromatic carbocycles. The number of nitrogens with zero attached hydrogens (tertiary/aromatic N) is 1. The molecular formula is C16H16FNO4S. The Hall–Kier alpha value is -2.25. The van der Waals surface area contributed by atoms with Crippen molar-refractivity contribution < 1.29 is 24.2 Å². The van der Waals surface area contributed by atoms with Gasteiger partial charge in [-0.25, -0.2) is 9.18 Å². The van der Waals surface area contributed by atoms with Crippen molar-refractivity contribution in [3.05, 3.63) is 57.0 Å². The molecule has 0 aliphatic carbocycles. The minimum atomic E-state index is -1.08. The average Bonchev–Trinajstić information content (AvgIpc) is 2.90. The molecule has 0 fully saturated rings. The van der Waals surface area contributed by atoms with E-state index in [0.717, 1.165) is 16.9 Å². The largest absolute Gasteiger partial charge is 0.477 e. The predicted octanol–water partition coefficient (Wildman–Crippen LogP) is 2.53. The second kappa shape index (κ2) is 7.34. The van der Waals surface area contributed by atoms with Gasteiger partial charge < -0.3 is 15.1 Å². The van der Waals surface area contributed by atoms with Crippen LogP contribution in [-0.4, -0.2) is 40.1 Å². The number of carboxylic acids is 1. The number of aliphatic hydroxyl groups is 1. The first kappa shape index (κ1) is 17.1. The fraction of sp³-hybridized carbons (Fsp3) is 0.250. The summed E-state index contributed by atoms with van der Waals surface area (Å²) in [6, 6.07) is 7.08. The number of halogens is 1. The first-order chi connectivity index (χ1) is 10.9. The second-order valence-electron chi connectivity index (χ2n) is 4.96. The average molecular weight is 337 g/mol. The minimum absolute atomic E-state index is 0.0941. The van der Waals surface area contributed by atoms with Gasteiger partial charge in [0.05, 0.1) is 12.2 Å². The number of carbonyl (C=O) groups excluding carboxylic acids is 1. The van der Waals surface area contributed by atoms with Crippen LogP contribution < -0.4 is 0 Å². The highest BCUT2D eigenvalue weighted by Crippen LogP contribution is 2.23. The molecule has 0 aliphatic rings. The van der Waals surface area contributed by atoms with E-state index in [4.69, 9.17) is 5.11 Å². The Morgan fingerprint density at radius 1 is 1.26 bits per heavy atom. The van der Waals surface area contributed by atoms with Gasteiger partial charge in [-0.15, -0.1) is 11.3 Å². The Bertz CT molecular complexity index is 711. The molecule has 122 valence electrons. The molecule has 0 saturated heterocycles. The van der Waals surface area contributed by atoms with E-state index < -0.39 is 5.97 Å². The lowest BCUT2D eigenvalue weighted by Gasteiger charge is -2.22. The third-order valence-electron chi connectivity index (χ3n) is 3.30. The maximum absolute atomic E-state index is 13.0. The zero-order valence-corrected chi connectivity index (χ0v) is 13.3. The van der Waals surface area contributed by atoms with E-state index in [9.17, 15) is 19.1 Å². The topological polar surface area (TPSA) is 77.8 Å². The lowest BCUT2D eigenvalue weighted by atomic mass is 10.1. The number of thiophene rings is 1. The summed E-state index contributed by atoms with van der Waals surface area (Å²) in [7, 11) is 0. The SMILES string of the molecule is Cc1sc(C(=O)O)cc1C(=O)N(CCO)Cc1ccc(F)cc1. The Kier molecular flexibility index (Phi) is 5.46. The van der Waals surface area contributed by atoms with E-state index in [1.807, 2.05) is 0 Å². The van der Waals surface area contributed by atoms with E-state index in [2.05, 4.69) is 0 Å². The van der Waals surface area contributed by atoms with E-state index in [1.54, 1.807) is 19.1 Å². The number of carboxylic acid groups (broad SMARTS) is 1. The van der Waals surface area contributed by atoms with E-state index in [0.29, 0.717) is 10.4 Å². The van der Waals surface area contributed by atoms with Crippen LogP contribution in [0.3, 0.4) is 0 Å². The lowest BCUT2D eigenvalue weighted by molar-refractivity contribution is 0.0702. The summed E-state index contributed by atoms with van der Waals surface area (Å²) in [6.45, 7) is 1.77.